The van der Waals surface area contributed by atoms with Crippen molar-refractivity contribution < 1.29 is 9.53 Å². The van der Waals surface area contributed by atoms with Crippen LogP contribution < -0.4 is 0 Å². The predicted octanol–water partition coefficient (Wildman–Crippen LogP) is 3.11. The summed E-state index contributed by atoms with van der Waals surface area (Å²) < 4.78 is 7.38. The standard InChI is InChI=1S/C20H19N5O2S/c1-12-10-27-6-5-25(12)20(26)17-8-13-3-4-15(23-19(13)28-17)14-7-16-18(21-9-14)22-11-24(16)2/h3-4,7-9,11-12H,5-6,10H2,1-2H3/t12-/m0/s1. The molecule has 4 aromatic heterocycles. The first kappa shape index (κ1) is 17.3. The minimum Gasteiger partial charge on any atom is -0.377 e. The highest BCUT2D eigenvalue weighted by Crippen LogP contribution is 2.29. The van der Waals surface area contributed by atoms with E-state index in [2.05, 4.69) is 9.97 Å². The monoisotopic (exact) mass is 393 g/mol. The summed E-state index contributed by atoms with van der Waals surface area (Å²) in [6, 6.07) is 8.05. The minimum absolute atomic E-state index is 0.0540. The van der Waals surface area contributed by atoms with Crippen LogP contribution in [0.5, 0.6) is 0 Å². The van der Waals surface area contributed by atoms with Crippen molar-refractivity contribution in [3.63, 3.8) is 0 Å². The molecule has 5 heterocycles. The highest BCUT2D eigenvalue weighted by atomic mass is 32.1. The summed E-state index contributed by atoms with van der Waals surface area (Å²) in [4.78, 5) is 29.8. The minimum atomic E-state index is 0.0540. The second-order valence-corrected chi connectivity index (χ2v) is 8.08. The largest absolute Gasteiger partial charge is 0.377 e. The number of hydrogen-bond donors (Lipinski definition) is 0. The lowest BCUT2D eigenvalue weighted by atomic mass is 10.1. The molecule has 0 saturated carbocycles. The molecular weight excluding hydrogens is 374 g/mol. The Balaban J connectivity index is 1.50. The molecule has 8 heteroatoms. The lowest BCUT2D eigenvalue weighted by Crippen LogP contribution is -2.46. The van der Waals surface area contributed by atoms with Crippen LogP contribution in [0, 0.1) is 0 Å². The molecule has 0 radical (unpaired) electrons. The van der Waals surface area contributed by atoms with E-state index in [-0.39, 0.29) is 11.9 Å². The molecule has 1 amide bonds. The summed E-state index contributed by atoms with van der Waals surface area (Å²) in [7, 11) is 1.95. The van der Waals surface area contributed by atoms with Gasteiger partial charge in [0, 0.05) is 30.7 Å². The molecule has 7 nitrogen and oxygen atoms in total. The first-order valence-corrected chi connectivity index (χ1v) is 9.98. The maximum absolute atomic E-state index is 12.9. The van der Waals surface area contributed by atoms with Crippen molar-refractivity contribution >= 4 is 38.6 Å². The summed E-state index contributed by atoms with van der Waals surface area (Å²) in [5.74, 6) is 0.0540. The number of rotatable bonds is 2. The summed E-state index contributed by atoms with van der Waals surface area (Å²) in [6.45, 7) is 3.82. The Kier molecular flexibility index (Phi) is 4.10. The van der Waals surface area contributed by atoms with Crippen molar-refractivity contribution in [3.8, 4) is 11.3 Å². The molecule has 0 unspecified atom stereocenters. The number of fused-ring (bicyclic) bond motifs is 2. The Morgan fingerprint density at radius 2 is 2.18 bits per heavy atom. The zero-order valence-corrected chi connectivity index (χ0v) is 16.4. The molecule has 142 valence electrons. The highest BCUT2D eigenvalue weighted by Gasteiger charge is 2.26. The van der Waals surface area contributed by atoms with Gasteiger partial charge in [-0.25, -0.2) is 15.0 Å². The third-order valence-corrected chi connectivity index (χ3v) is 6.13. The van der Waals surface area contributed by atoms with Crippen molar-refractivity contribution in [1.29, 1.82) is 0 Å². The predicted molar refractivity (Wildman–Crippen MR) is 108 cm³/mol. The van der Waals surface area contributed by atoms with E-state index in [1.165, 1.54) is 11.3 Å². The average Bonchev–Trinajstić information content (AvgIpc) is 3.30. The van der Waals surface area contributed by atoms with Gasteiger partial charge in [-0.15, -0.1) is 11.3 Å². The molecule has 1 aliphatic heterocycles. The van der Waals surface area contributed by atoms with Crippen LogP contribution in [0.1, 0.15) is 16.6 Å². The van der Waals surface area contributed by atoms with Crippen LogP contribution in [0.4, 0.5) is 0 Å². The quantitative estimate of drug-likeness (QED) is 0.523. The third-order valence-electron chi connectivity index (χ3n) is 5.10. The van der Waals surface area contributed by atoms with Gasteiger partial charge in [-0.05, 0) is 31.2 Å². The molecule has 28 heavy (non-hydrogen) atoms. The number of amides is 1. The van der Waals surface area contributed by atoms with Gasteiger partial charge >= 0.3 is 0 Å². The van der Waals surface area contributed by atoms with E-state index >= 15 is 0 Å². The summed E-state index contributed by atoms with van der Waals surface area (Å²) in [6.07, 6.45) is 3.54. The Morgan fingerprint density at radius 1 is 1.29 bits per heavy atom. The van der Waals surface area contributed by atoms with E-state index in [0.29, 0.717) is 24.6 Å². The van der Waals surface area contributed by atoms with Crippen molar-refractivity contribution in [2.24, 2.45) is 7.05 Å². The zero-order valence-electron chi connectivity index (χ0n) is 15.6. The molecule has 0 spiro atoms. The number of hydrogen-bond acceptors (Lipinski definition) is 6. The number of thiophene rings is 1. The van der Waals surface area contributed by atoms with Gasteiger partial charge in [-0.1, -0.05) is 0 Å². The van der Waals surface area contributed by atoms with Gasteiger partial charge in [0.15, 0.2) is 5.65 Å². The smallest absolute Gasteiger partial charge is 0.264 e. The first-order valence-electron chi connectivity index (χ1n) is 9.17. The van der Waals surface area contributed by atoms with Gasteiger partial charge in [0.1, 0.15) is 4.83 Å². The van der Waals surface area contributed by atoms with Crippen LogP contribution in [0.25, 0.3) is 32.6 Å². The summed E-state index contributed by atoms with van der Waals surface area (Å²) in [5, 5.41) is 0.979. The number of nitrogens with zero attached hydrogens (tertiary/aromatic N) is 5. The highest BCUT2D eigenvalue weighted by molar-refractivity contribution is 7.20. The van der Waals surface area contributed by atoms with Gasteiger partial charge in [-0.3, -0.25) is 4.79 Å². The molecule has 5 rings (SSSR count). The molecule has 0 N–H and O–H groups in total. The first-order chi connectivity index (χ1) is 13.6. The van der Waals surface area contributed by atoms with Crippen molar-refractivity contribution in [2.75, 3.05) is 19.8 Å². The fraction of sp³-hybridized carbons (Fsp3) is 0.300. The van der Waals surface area contributed by atoms with Gasteiger partial charge < -0.3 is 14.2 Å². The molecule has 0 bridgehead atoms. The van der Waals surface area contributed by atoms with Crippen LogP contribution in [0.15, 0.2) is 36.8 Å². The molecular formula is C20H19N5O2S. The van der Waals surface area contributed by atoms with Gasteiger partial charge in [-0.2, -0.15) is 0 Å². The van der Waals surface area contributed by atoms with Crippen LogP contribution in [-0.4, -0.2) is 56.1 Å². The number of aromatic nitrogens is 4. The number of ether oxygens (including phenoxy) is 1. The third kappa shape index (κ3) is 2.85. The number of morpholine rings is 1. The molecule has 1 fully saturated rings. The molecule has 0 aliphatic carbocycles. The average molecular weight is 393 g/mol. The summed E-state index contributed by atoms with van der Waals surface area (Å²) in [5.41, 5.74) is 3.45. The SMILES string of the molecule is C[C@H]1COCCN1C(=O)c1cc2ccc(-c3cnc4ncn(C)c4c3)nc2s1. The normalized spacial score (nSPS) is 17.5. The lowest BCUT2D eigenvalue weighted by Gasteiger charge is -2.32. The Bertz CT molecular complexity index is 1200. The Morgan fingerprint density at radius 3 is 3.04 bits per heavy atom. The summed E-state index contributed by atoms with van der Waals surface area (Å²) >= 11 is 1.44. The van der Waals surface area contributed by atoms with Crippen LogP contribution >= 0.6 is 11.3 Å². The lowest BCUT2D eigenvalue weighted by molar-refractivity contribution is 0.00387. The van der Waals surface area contributed by atoms with E-state index < -0.39 is 0 Å². The van der Waals surface area contributed by atoms with Crippen LogP contribution in [0.3, 0.4) is 0 Å². The second-order valence-electron chi connectivity index (χ2n) is 7.05. The number of pyridine rings is 2. The molecule has 0 aromatic carbocycles. The Hall–Kier alpha value is -2.84. The van der Waals surface area contributed by atoms with Crippen molar-refractivity contribution in [1.82, 2.24) is 24.4 Å². The van der Waals surface area contributed by atoms with E-state index in [9.17, 15) is 4.79 Å². The number of carbonyl (C=O) groups excluding carboxylic acids is 1. The molecule has 4 aromatic rings. The van der Waals surface area contributed by atoms with E-state index in [1.807, 2.05) is 47.7 Å². The molecule has 1 aliphatic rings. The topological polar surface area (TPSA) is 73.1 Å². The van der Waals surface area contributed by atoms with Gasteiger partial charge in [0.2, 0.25) is 0 Å². The maximum Gasteiger partial charge on any atom is 0.264 e. The number of imidazole rings is 1. The van der Waals surface area contributed by atoms with Crippen molar-refractivity contribution in [3.05, 3.63) is 41.7 Å². The number of carbonyl (C=O) groups is 1. The van der Waals surface area contributed by atoms with E-state index in [1.54, 1.807) is 12.5 Å². The molecule has 1 saturated heterocycles. The van der Waals surface area contributed by atoms with Crippen LogP contribution in [-0.2, 0) is 11.8 Å². The second kappa shape index (κ2) is 6.65. The van der Waals surface area contributed by atoms with Crippen molar-refractivity contribution in [2.45, 2.75) is 13.0 Å². The molecule has 1 atom stereocenters. The fourth-order valence-electron chi connectivity index (χ4n) is 3.50. The fourth-order valence-corrected chi connectivity index (χ4v) is 4.49. The maximum atomic E-state index is 12.9. The zero-order chi connectivity index (χ0) is 19.3. The van der Waals surface area contributed by atoms with Gasteiger partial charge in [0.05, 0.1) is 41.7 Å². The number of aryl methyl sites for hydroxylation is 1. The van der Waals surface area contributed by atoms with Crippen LogP contribution in [0.2, 0.25) is 0 Å². The van der Waals surface area contributed by atoms with Gasteiger partial charge in [0.25, 0.3) is 5.91 Å². The van der Waals surface area contributed by atoms with E-state index in [0.717, 1.165) is 32.6 Å². The Labute approximate surface area is 165 Å². The van der Waals surface area contributed by atoms with E-state index in [4.69, 9.17) is 9.72 Å².